The average Bonchev–Trinajstić information content (AvgIpc) is 3.23. The first-order chi connectivity index (χ1) is 10.1. The van der Waals surface area contributed by atoms with E-state index in [9.17, 15) is 0 Å². The van der Waals surface area contributed by atoms with Gasteiger partial charge in [-0.1, -0.05) is 19.9 Å². The smallest absolute Gasteiger partial charge is 0.161 e. The Hall–Kier alpha value is -1.73. The maximum atomic E-state index is 8.87. The van der Waals surface area contributed by atoms with Crippen molar-refractivity contribution in [3.63, 3.8) is 0 Å². The van der Waals surface area contributed by atoms with Crippen molar-refractivity contribution < 1.29 is 9.47 Å². The Bertz CT molecular complexity index is 516. The van der Waals surface area contributed by atoms with Gasteiger partial charge in [0.1, 0.15) is 0 Å². The predicted molar refractivity (Wildman–Crippen MR) is 82.4 cm³/mol. The van der Waals surface area contributed by atoms with E-state index in [4.69, 9.17) is 14.7 Å². The van der Waals surface area contributed by atoms with Gasteiger partial charge in [0.15, 0.2) is 11.5 Å². The van der Waals surface area contributed by atoms with Gasteiger partial charge in [0.2, 0.25) is 0 Å². The largest absolute Gasteiger partial charge is 0.493 e. The number of ether oxygens (including phenoxy) is 2. The molecule has 1 saturated carbocycles. The number of nitrogens with one attached hydrogen (secondary N) is 1. The van der Waals surface area contributed by atoms with Gasteiger partial charge in [0, 0.05) is 24.4 Å². The lowest BCUT2D eigenvalue weighted by Gasteiger charge is -2.16. The molecular weight excluding hydrogens is 264 g/mol. The lowest BCUT2D eigenvalue weighted by atomic mass is 10.1. The molecule has 0 bridgehead atoms. The molecule has 1 aromatic rings. The highest BCUT2D eigenvalue weighted by atomic mass is 16.5. The third-order valence-electron chi connectivity index (χ3n) is 3.89. The molecule has 0 spiro atoms. The monoisotopic (exact) mass is 288 g/mol. The normalized spacial score (nSPS) is 15.6. The molecule has 0 atom stereocenters. The molecule has 4 heteroatoms. The van der Waals surface area contributed by atoms with Gasteiger partial charge in [-0.3, -0.25) is 0 Å². The van der Waals surface area contributed by atoms with Gasteiger partial charge < -0.3 is 14.8 Å². The predicted octanol–water partition coefficient (Wildman–Crippen LogP) is 3.27. The average molecular weight is 288 g/mol. The first-order valence-corrected chi connectivity index (χ1v) is 7.49. The van der Waals surface area contributed by atoms with Crippen molar-refractivity contribution in [3.8, 4) is 17.6 Å². The third kappa shape index (κ3) is 4.37. The Labute approximate surface area is 127 Å². The summed E-state index contributed by atoms with van der Waals surface area (Å²) in [5.74, 6) is 1.51. The topological polar surface area (TPSA) is 54.3 Å². The lowest BCUT2D eigenvalue weighted by molar-refractivity contribution is 0.226. The number of benzene rings is 1. The van der Waals surface area contributed by atoms with Gasteiger partial charge in [-0.25, -0.2) is 0 Å². The van der Waals surface area contributed by atoms with Crippen LogP contribution in [-0.4, -0.2) is 19.8 Å². The second-order valence-electron chi connectivity index (χ2n) is 6.14. The van der Waals surface area contributed by atoms with Crippen molar-refractivity contribution in [2.75, 3.05) is 13.7 Å². The maximum Gasteiger partial charge on any atom is 0.161 e. The molecule has 0 radical (unpaired) electrons. The summed E-state index contributed by atoms with van der Waals surface area (Å²) in [5, 5.41) is 12.3. The molecule has 2 rings (SSSR count). The summed E-state index contributed by atoms with van der Waals surface area (Å²) in [6.45, 7) is 5.65. The standard InChI is InChI=1S/C17H24N2O2/c1-13(2)19-11-14-4-5-15(20-3)16(10-14)21-12-17(6-7-17)8-9-18/h4-5,10,13,19H,6-8,11-12H2,1-3H3. The molecule has 1 aliphatic rings. The highest BCUT2D eigenvalue weighted by Gasteiger charge is 2.43. The summed E-state index contributed by atoms with van der Waals surface area (Å²) >= 11 is 0. The van der Waals surface area contributed by atoms with Crippen LogP contribution >= 0.6 is 0 Å². The van der Waals surface area contributed by atoms with Gasteiger partial charge in [0.05, 0.1) is 19.8 Å². The van der Waals surface area contributed by atoms with Crippen molar-refractivity contribution >= 4 is 0 Å². The van der Waals surface area contributed by atoms with Crippen molar-refractivity contribution in [1.29, 1.82) is 5.26 Å². The SMILES string of the molecule is COc1ccc(CNC(C)C)cc1OCC1(CC#N)CC1. The summed E-state index contributed by atoms with van der Waals surface area (Å²) in [7, 11) is 1.65. The molecule has 0 saturated heterocycles. The third-order valence-corrected chi connectivity index (χ3v) is 3.89. The van der Waals surface area contributed by atoms with E-state index in [1.165, 1.54) is 5.56 Å². The molecule has 1 aliphatic carbocycles. The fourth-order valence-corrected chi connectivity index (χ4v) is 2.21. The van der Waals surface area contributed by atoms with Gasteiger partial charge in [0.25, 0.3) is 0 Å². The summed E-state index contributed by atoms with van der Waals surface area (Å²) in [5.41, 5.74) is 1.25. The van der Waals surface area contributed by atoms with Gasteiger partial charge >= 0.3 is 0 Å². The minimum atomic E-state index is 0.0753. The molecule has 0 aliphatic heterocycles. The molecule has 4 nitrogen and oxygen atoms in total. The van der Waals surface area contributed by atoms with Crippen LogP contribution < -0.4 is 14.8 Å². The molecule has 0 heterocycles. The number of methoxy groups -OCH3 is 1. The van der Waals surface area contributed by atoms with E-state index in [0.717, 1.165) is 30.9 Å². The zero-order valence-electron chi connectivity index (χ0n) is 13.1. The molecule has 0 amide bonds. The van der Waals surface area contributed by atoms with Crippen LogP contribution in [0.4, 0.5) is 0 Å². The summed E-state index contributed by atoms with van der Waals surface area (Å²) in [6.07, 6.45) is 2.73. The van der Waals surface area contributed by atoms with Crippen LogP contribution in [0.2, 0.25) is 0 Å². The molecule has 1 aromatic carbocycles. The van der Waals surface area contributed by atoms with E-state index in [0.29, 0.717) is 19.1 Å². The Kier molecular flexibility index (Phi) is 5.08. The molecular formula is C17H24N2O2. The zero-order valence-corrected chi connectivity index (χ0v) is 13.1. The number of hydrogen-bond donors (Lipinski definition) is 1. The Morgan fingerprint density at radius 3 is 2.67 bits per heavy atom. The molecule has 0 aromatic heterocycles. The van der Waals surface area contributed by atoms with E-state index in [1.54, 1.807) is 7.11 Å². The van der Waals surface area contributed by atoms with E-state index in [2.05, 4.69) is 25.2 Å². The van der Waals surface area contributed by atoms with Gasteiger partial charge in [-0.15, -0.1) is 0 Å². The van der Waals surface area contributed by atoms with Gasteiger partial charge in [-0.2, -0.15) is 5.26 Å². The van der Waals surface area contributed by atoms with Crippen LogP contribution in [0.5, 0.6) is 11.5 Å². The minimum absolute atomic E-state index is 0.0753. The Morgan fingerprint density at radius 2 is 2.10 bits per heavy atom. The lowest BCUT2D eigenvalue weighted by Crippen LogP contribution is -2.21. The number of nitrogens with zero attached hydrogens (tertiary/aromatic N) is 1. The van der Waals surface area contributed by atoms with Crippen molar-refractivity contribution in [2.24, 2.45) is 5.41 Å². The van der Waals surface area contributed by atoms with Crippen LogP contribution in [0, 0.1) is 16.7 Å². The van der Waals surface area contributed by atoms with Crippen LogP contribution in [0.3, 0.4) is 0 Å². The Balaban J connectivity index is 2.02. The highest BCUT2D eigenvalue weighted by Crippen LogP contribution is 2.49. The number of rotatable bonds is 8. The van der Waals surface area contributed by atoms with E-state index in [1.807, 2.05) is 18.2 Å². The Morgan fingerprint density at radius 1 is 1.33 bits per heavy atom. The van der Waals surface area contributed by atoms with Crippen LogP contribution in [0.1, 0.15) is 38.7 Å². The maximum absolute atomic E-state index is 8.87. The first kappa shape index (κ1) is 15.7. The highest BCUT2D eigenvalue weighted by molar-refractivity contribution is 5.43. The number of hydrogen-bond acceptors (Lipinski definition) is 4. The number of nitriles is 1. The molecule has 1 fully saturated rings. The summed E-state index contributed by atoms with van der Waals surface area (Å²) in [6, 6.07) is 8.71. The zero-order chi connectivity index (χ0) is 15.3. The first-order valence-electron chi connectivity index (χ1n) is 7.49. The van der Waals surface area contributed by atoms with E-state index < -0.39 is 0 Å². The van der Waals surface area contributed by atoms with E-state index in [-0.39, 0.29) is 5.41 Å². The van der Waals surface area contributed by atoms with Crippen LogP contribution in [0.25, 0.3) is 0 Å². The molecule has 0 unspecified atom stereocenters. The summed E-state index contributed by atoms with van der Waals surface area (Å²) in [4.78, 5) is 0. The fraction of sp³-hybridized carbons (Fsp3) is 0.588. The fourth-order valence-electron chi connectivity index (χ4n) is 2.21. The van der Waals surface area contributed by atoms with Crippen LogP contribution in [0.15, 0.2) is 18.2 Å². The van der Waals surface area contributed by atoms with Crippen molar-refractivity contribution in [2.45, 2.75) is 45.7 Å². The van der Waals surface area contributed by atoms with Crippen molar-refractivity contribution in [3.05, 3.63) is 23.8 Å². The summed E-state index contributed by atoms with van der Waals surface area (Å²) < 4.78 is 11.3. The molecule has 1 N–H and O–H groups in total. The van der Waals surface area contributed by atoms with E-state index >= 15 is 0 Å². The second-order valence-corrected chi connectivity index (χ2v) is 6.14. The van der Waals surface area contributed by atoms with Crippen LogP contribution in [-0.2, 0) is 6.54 Å². The van der Waals surface area contributed by atoms with Gasteiger partial charge in [-0.05, 0) is 30.5 Å². The van der Waals surface area contributed by atoms with Crippen molar-refractivity contribution in [1.82, 2.24) is 5.32 Å². The quantitative estimate of drug-likeness (QED) is 0.797. The second kappa shape index (κ2) is 6.82. The molecule has 21 heavy (non-hydrogen) atoms. The molecule has 114 valence electrons. The minimum Gasteiger partial charge on any atom is -0.493 e.